The molecule has 0 spiro atoms. The molecule has 0 aliphatic carbocycles. The minimum atomic E-state index is -0.682. The summed E-state index contributed by atoms with van der Waals surface area (Å²) >= 11 is 0. The third-order valence-electron chi connectivity index (χ3n) is 2.02. The van der Waals surface area contributed by atoms with Crippen molar-refractivity contribution in [2.24, 2.45) is 11.5 Å². The average Bonchev–Trinajstić information content (AvgIpc) is 2.18. The average molecular weight is 209 g/mol. The summed E-state index contributed by atoms with van der Waals surface area (Å²) in [5.74, 6) is 0. The lowest BCUT2D eigenvalue weighted by Gasteiger charge is -2.14. The van der Waals surface area contributed by atoms with Crippen LogP contribution in [0.3, 0.4) is 0 Å². The van der Waals surface area contributed by atoms with E-state index in [1.165, 1.54) is 0 Å². The van der Waals surface area contributed by atoms with Gasteiger partial charge in [-0.3, -0.25) is 0 Å². The normalized spacial score (nSPS) is 12.1. The molecule has 1 aromatic rings. The number of nitrogens with two attached hydrogens (primary N) is 2. The molecule has 5 heteroatoms. The summed E-state index contributed by atoms with van der Waals surface area (Å²) in [6.07, 6.45) is -0.240. The number of aliphatic hydroxyl groups is 1. The summed E-state index contributed by atoms with van der Waals surface area (Å²) in [5, 5.41) is 12.2. The Balaban J connectivity index is 2.89. The molecule has 5 nitrogen and oxygen atoms in total. The van der Waals surface area contributed by atoms with E-state index in [1.54, 1.807) is 24.3 Å². The number of aliphatic hydroxyl groups excluding tert-OH is 1. The quantitative estimate of drug-likeness (QED) is 0.582. The van der Waals surface area contributed by atoms with Crippen molar-refractivity contribution < 1.29 is 9.90 Å². The Morgan fingerprint density at radius 1 is 1.47 bits per heavy atom. The lowest BCUT2D eigenvalue weighted by atomic mass is 10.0. The molecule has 1 atom stereocenters. The fraction of sp³-hybridized carbons (Fsp3) is 0.300. The van der Waals surface area contributed by atoms with Crippen molar-refractivity contribution in [2.75, 3.05) is 11.9 Å². The zero-order valence-corrected chi connectivity index (χ0v) is 8.31. The molecule has 0 saturated heterocycles. The maximum atomic E-state index is 10.7. The Bertz CT molecular complexity index is 341. The zero-order valence-electron chi connectivity index (χ0n) is 8.31. The summed E-state index contributed by atoms with van der Waals surface area (Å²) in [7, 11) is 0. The molecule has 1 rings (SSSR count). The smallest absolute Gasteiger partial charge is 0.316 e. The number of amides is 2. The molecule has 1 unspecified atom stereocenters. The SMILES string of the molecule is NCCC(O)c1ccccc1NC(N)=O. The van der Waals surface area contributed by atoms with E-state index in [9.17, 15) is 9.90 Å². The van der Waals surface area contributed by atoms with Gasteiger partial charge in [-0.2, -0.15) is 0 Å². The molecule has 6 N–H and O–H groups in total. The molecule has 2 amide bonds. The van der Waals surface area contributed by atoms with Gasteiger partial charge in [0.15, 0.2) is 0 Å². The van der Waals surface area contributed by atoms with Gasteiger partial charge in [-0.15, -0.1) is 0 Å². The molecule has 0 aliphatic rings. The minimum Gasteiger partial charge on any atom is -0.388 e. The van der Waals surface area contributed by atoms with Gasteiger partial charge in [-0.1, -0.05) is 18.2 Å². The lowest BCUT2D eigenvalue weighted by molar-refractivity contribution is 0.171. The van der Waals surface area contributed by atoms with Crippen molar-refractivity contribution >= 4 is 11.7 Å². The van der Waals surface area contributed by atoms with Crippen LogP contribution in [0.15, 0.2) is 24.3 Å². The summed E-state index contributed by atoms with van der Waals surface area (Å²) in [6, 6.07) is 6.29. The molecule has 1 aromatic carbocycles. The topological polar surface area (TPSA) is 101 Å². The Morgan fingerprint density at radius 3 is 2.73 bits per heavy atom. The maximum Gasteiger partial charge on any atom is 0.316 e. The highest BCUT2D eigenvalue weighted by Gasteiger charge is 2.11. The van der Waals surface area contributed by atoms with Crippen LogP contribution in [0.1, 0.15) is 18.1 Å². The van der Waals surface area contributed by atoms with Crippen molar-refractivity contribution in [2.45, 2.75) is 12.5 Å². The number of benzene rings is 1. The molecular formula is C10H15N3O2. The standard InChI is InChI=1S/C10H15N3O2/c11-6-5-9(14)7-3-1-2-4-8(7)13-10(12)15/h1-4,9,14H,5-6,11H2,(H3,12,13,15). The van der Waals surface area contributed by atoms with Crippen molar-refractivity contribution in [1.29, 1.82) is 0 Å². The second-order valence-electron chi connectivity index (χ2n) is 3.17. The van der Waals surface area contributed by atoms with E-state index >= 15 is 0 Å². The first kappa shape index (κ1) is 11.5. The number of carbonyl (C=O) groups is 1. The number of urea groups is 1. The van der Waals surface area contributed by atoms with E-state index in [-0.39, 0.29) is 0 Å². The summed E-state index contributed by atoms with van der Waals surface area (Å²) in [5.41, 5.74) is 11.5. The van der Waals surface area contributed by atoms with Crippen molar-refractivity contribution in [1.82, 2.24) is 0 Å². The maximum absolute atomic E-state index is 10.7. The predicted molar refractivity (Wildman–Crippen MR) is 58.3 cm³/mol. The van der Waals surface area contributed by atoms with Gasteiger partial charge in [0.05, 0.1) is 6.10 Å². The highest BCUT2D eigenvalue weighted by molar-refractivity contribution is 5.88. The van der Waals surface area contributed by atoms with Gasteiger partial charge < -0.3 is 21.9 Å². The first-order chi connectivity index (χ1) is 7.15. The summed E-state index contributed by atoms with van der Waals surface area (Å²) < 4.78 is 0. The molecule has 0 fully saturated rings. The zero-order chi connectivity index (χ0) is 11.3. The number of nitrogens with one attached hydrogen (secondary N) is 1. The van der Waals surface area contributed by atoms with E-state index in [0.29, 0.717) is 24.2 Å². The molecule has 0 saturated carbocycles. The van der Waals surface area contributed by atoms with Crippen LogP contribution in [-0.2, 0) is 0 Å². The lowest BCUT2D eigenvalue weighted by Crippen LogP contribution is -2.21. The van der Waals surface area contributed by atoms with Gasteiger partial charge in [0.1, 0.15) is 0 Å². The highest BCUT2D eigenvalue weighted by Crippen LogP contribution is 2.24. The second-order valence-corrected chi connectivity index (χ2v) is 3.17. The van der Waals surface area contributed by atoms with Crippen LogP contribution in [0.5, 0.6) is 0 Å². The Morgan fingerprint density at radius 2 is 2.13 bits per heavy atom. The van der Waals surface area contributed by atoms with Crippen molar-refractivity contribution in [3.8, 4) is 0 Å². The molecular weight excluding hydrogens is 194 g/mol. The first-order valence-electron chi connectivity index (χ1n) is 4.68. The minimum absolute atomic E-state index is 0.381. The van der Waals surface area contributed by atoms with Gasteiger partial charge in [0.2, 0.25) is 0 Å². The third kappa shape index (κ3) is 3.23. The van der Waals surface area contributed by atoms with E-state index < -0.39 is 12.1 Å². The molecule has 0 radical (unpaired) electrons. The van der Waals surface area contributed by atoms with Gasteiger partial charge in [0.25, 0.3) is 0 Å². The number of rotatable bonds is 4. The van der Waals surface area contributed by atoms with E-state index in [4.69, 9.17) is 11.5 Å². The van der Waals surface area contributed by atoms with Gasteiger partial charge >= 0.3 is 6.03 Å². The predicted octanol–water partition coefficient (Wildman–Crippen LogP) is 0.559. The van der Waals surface area contributed by atoms with Crippen molar-refractivity contribution in [3.63, 3.8) is 0 Å². The van der Waals surface area contributed by atoms with Crippen molar-refractivity contribution in [3.05, 3.63) is 29.8 Å². The monoisotopic (exact) mass is 209 g/mol. The van der Waals surface area contributed by atoms with Crippen LogP contribution in [0.2, 0.25) is 0 Å². The van der Waals surface area contributed by atoms with Gasteiger partial charge in [0, 0.05) is 11.3 Å². The summed E-state index contributed by atoms with van der Waals surface area (Å²) in [6.45, 7) is 0.381. The molecule has 0 heterocycles. The molecule has 82 valence electrons. The van der Waals surface area contributed by atoms with Gasteiger partial charge in [-0.05, 0) is 19.0 Å². The van der Waals surface area contributed by atoms with Crippen LogP contribution in [0.4, 0.5) is 10.5 Å². The Hall–Kier alpha value is -1.59. The largest absolute Gasteiger partial charge is 0.388 e. The number of hydrogen-bond acceptors (Lipinski definition) is 3. The van der Waals surface area contributed by atoms with Crippen LogP contribution in [0, 0.1) is 0 Å². The van der Waals surface area contributed by atoms with Gasteiger partial charge in [-0.25, -0.2) is 4.79 Å². The van der Waals surface area contributed by atoms with Crippen LogP contribution in [-0.4, -0.2) is 17.7 Å². The Kier molecular flexibility index (Phi) is 4.08. The molecule has 0 bridgehead atoms. The van der Waals surface area contributed by atoms with E-state index in [1.807, 2.05) is 0 Å². The van der Waals surface area contributed by atoms with E-state index in [0.717, 1.165) is 0 Å². The number of carbonyl (C=O) groups excluding carboxylic acids is 1. The fourth-order valence-corrected chi connectivity index (χ4v) is 1.35. The Labute approximate surface area is 88.1 Å². The number of hydrogen-bond donors (Lipinski definition) is 4. The molecule has 15 heavy (non-hydrogen) atoms. The van der Waals surface area contributed by atoms with Crippen LogP contribution >= 0.6 is 0 Å². The summed E-state index contributed by atoms with van der Waals surface area (Å²) in [4.78, 5) is 10.7. The molecule has 0 aliphatic heterocycles. The van der Waals surface area contributed by atoms with Crippen LogP contribution in [0.25, 0.3) is 0 Å². The molecule has 0 aromatic heterocycles. The third-order valence-corrected chi connectivity index (χ3v) is 2.02. The number of para-hydroxylation sites is 1. The van der Waals surface area contributed by atoms with Crippen LogP contribution < -0.4 is 16.8 Å². The fourth-order valence-electron chi connectivity index (χ4n) is 1.35. The number of anilines is 1. The second kappa shape index (κ2) is 5.33. The van der Waals surface area contributed by atoms with E-state index in [2.05, 4.69) is 5.32 Å². The number of primary amides is 1. The highest BCUT2D eigenvalue weighted by atomic mass is 16.3. The first-order valence-corrected chi connectivity index (χ1v) is 4.68.